The van der Waals surface area contributed by atoms with E-state index in [2.05, 4.69) is 129 Å². The first-order valence-electron chi connectivity index (χ1n) is 33.3. The Bertz CT molecular complexity index is 2090. The molecule has 0 saturated carbocycles. The largest absolute Gasteiger partial charge is 0.394 e. The minimum Gasteiger partial charge on any atom is -0.394 e. The third-order valence-electron chi connectivity index (χ3n) is 15.8. The number of ether oxygens (including phenoxy) is 6. The van der Waals surface area contributed by atoms with Crippen LogP contribution in [0.2, 0.25) is 0 Å². The highest BCUT2D eigenvalue weighted by molar-refractivity contribution is 5.76. The first-order valence-corrected chi connectivity index (χ1v) is 33.3. The first-order chi connectivity index (χ1) is 43.3. The SMILES string of the molecule is CC/C=C\C/C=C\C/C=C\C/C=C\C/C=C\C/C=C\C/C=C\C/C=C\C/C=C\CCCCCCCCCCCCCC(=O)NC(COC1OC(CO)C(OC2OC(CO)C(OC3OC(CO)C(O)C(O)C3O)C(O)C2O)C(O)C1O)C(O)/C=C/CCCCC. The number of carbonyl (C=O) groups is 1. The molecule has 0 aliphatic carbocycles. The van der Waals surface area contributed by atoms with E-state index in [1.54, 1.807) is 6.08 Å². The normalized spacial score (nSPS) is 29.0. The Balaban J connectivity index is 1.27. The maximum Gasteiger partial charge on any atom is 0.220 e. The second kappa shape index (κ2) is 50.7. The molecular formula is C70H115NO18. The van der Waals surface area contributed by atoms with Gasteiger partial charge < -0.3 is 89.9 Å². The van der Waals surface area contributed by atoms with E-state index in [1.165, 1.54) is 38.5 Å². The monoisotopic (exact) mass is 1260 g/mol. The maximum absolute atomic E-state index is 13.2. The van der Waals surface area contributed by atoms with E-state index in [4.69, 9.17) is 28.4 Å². The summed E-state index contributed by atoms with van der Waals surface area (Å²) < 4.78 is 34.1. The molecule has 0 radical (unpaired) electrons. The van der Waals surface area contributed by atoms with Crippen LogP contribution in [0.5, 0.6) is 0 Å². The molecule has 1 amide bonds. The van der Waals surface area contributed by atoms with Crippen LogP contribution in [0, 0.1) is 0 Å². The average Bonchev–Trinajstić information content (AvgIpc) is 2.72. The Hall–Kier alpha value is -3.81. The number of rotatable bonds is 48. The van der Waals surface area contributed by atoms with Gasteiger partial charge in [0.05, 0.1) is 38.6 Å². The second-order valence-electron chi connectivity index (χ2n) is 23.2. The Kier molecular flexibility index (Phi) is 45.3. The first kappa shape index (κ1) is 79.4. The summed E-state index contributed by atoms with van der Waals surface area (Å²) in [6.07, 6.45) is 42.8. The van der Waals surface area contributed by atoms with Crippen molar-refractivity contribution in [2.24, 2.45) is 0 Å². The Labute approximate surface area is 531 Å². The van der Waals surface area contributed by atoms with Crippen LogP contribution in [0.3, 0.4) is 0 Å². The molecule has 3 rings (SSSR count). The number of hydrogen-bond donors (Lipinski definition) is 12. The van der Waals surface area contributed by atoms with E-state index in [-0.39, 0.29) is 18.9 Å². The summed E-state index contributed by atoms with van der Waals surface area (Å²) in [7, 11) is 0. The molecule has 3 saturated heterocycles. The summed E-state index contributed by atoms with van der Waals surface area (Å²) in [6, 6.07) is -0.978. The van der Waals surface area contributed by atoms with Crippen molar-refractivity contribution >= 4 is 5.91 Å². The zero-order chi connectivity index (χ0) is 64.7. The van der Waals surface area contributed by atoms with Crippen LogP contribution < -0.4 is 5.32 Å². The molecule has 3 fully saturated rings. The van der Waals surface area contributed by atoms with Gasteiger partial charge in [0.1, 0.15) is 73.2 Å². The minimum atomic E-state index is -1.98. The van der Waals surface area contributed by atoms with Crippen LogP contribution in [0.1, 0.15) is 181 Å². The highest BCUT2D eigenvalue weighted by Gasteiger charge is 2.53. The molecule has 17 atom stereocenters. The van der Waals surface area contributed by atoms with Crippen molar-refractivity contribution in [3.8, 4) is 0 Å². The average molecular weight is 1260 g/mol. The van der Waals surface area contributed by atoms with E-state index < -0.39 is 124 Å². The number of carbonyl (C=O) groups excluding carboxylic acids is 1. The van der Waals surface area contributed by atoms with Gasteiger partial charge in [-0.2, -0.15) is 0 Å². The van der Waals surface area contributed by atoms with E-state index in [0.717, 1.165) is 109 Å². The van der Waals surface area contributed by atoms with Gasteiger partial charge in [-0.25, -0.2) is 0 Å². The molecule has 508 valence electrons. The Morgan fingerprint density at radius 2 is 0.775 bits per heavy atom. The second-order valence-corrected chi connectivity index (χ2v) is 23.2. The van der Waals surface area contributed by atoms with Crippen molar-refractivity contribution in [2.45, 2.75) is 285 Å². The molecule has 0 aromatic carbocycles. The van der Waals surface area contributed by atoms with Crippen molar-refractivity contribution in [3.05, 3.63) is 122 Å². The molecule has 89 heavy (non-hydrogen) atoms. The molecule has 19 heteroatoms. The molecular weight excluding hydrogens is 1140 g/mol. The standard InChI is InChI=1S/C70H115NO18/c1-3-5-7-9-10-11-12-13-14-15-16-17-18-19-20-21-22-23-24-25-26-27-28-29-30-31-32-33-34-35-36-37-38-39-40-41-42-44-46-48-58(76)71-53(54(75)47-45-43-8-6-4-2)52-84-68-64(82)61(79)66(56(50-73)86-68)89-70-65(83)62(80)67(57(51-74)87-70)88-69-63(81)60(78)59(77)55(49-72)85-69/h5,7,10-11,13-14,16-17,19-20,22-23,25-26,28-29,31-32,45,47,53-57,59-70,72-75,77-83H,3-4,6,8-9,12,15,18,21,24,27,30,33-44,46,48-52H2,1-2H3,(H,71,76)/b7-5-,11-10-,14-13-,17-16-,20-19-,23-22-,26-25-,29-28-,32-31-,47-45+. The summed E-state index contributed by atoms with van der Waals surface area (Å²) in [5.41, 5.74) is 0. The summed E-state index contributed by atoms with van der Waals surface area (Å²) in [4.78, 5) is 13.2. The predicted molar refractivity (Wildman–Crippen MR) is 346 cm³/mol. The van der Waals surface area contributed by atoms with Crippen LogP contribution >= 0.6 is 0 Å². The number of allylic oxidation sites excluding steroid dienone is 19. The van der Waals surface area contributed by atoms with E-state index in [1.807, 2.05) is 6.08 Å². The van der Waals surface area contributed by atoms with Gasteiger partial charge in [-0.3, -0.25) is 4.79 Å². The minimum absolute atomic E-state index is 0.230. The van der Waals surface area contributed by atoms with Crippen molar-refractivity contribution < 1.29 is 89.4 Å². The van der Waals surface area contributed by atoms with Crippen molar-refractivity contribution in [1.82, 2.24) is 5.32 Å². The molecule has 3 heterocycles. The number of hydrogen-bond acceptors (Lipinski definition) is 18. The smallest absolute Gasteiger partial charge is 0.220 e. The summed E-state index contributed by atoms with van der Waals surface area (Å²) in [6.45, 7) is 1.45. The van der Waals surface area contributed by atoms with Crippen LogP contribution in [0.4, 0.5) is 0 Å². The fraction of sp³-hybridized carbons (Fsp3) is 0.700. The summed E-state index contributed by atoms with van der Waals surface area (Å²) in [5, 5.41) is 120. The topological polar surface area (TPSA) is 307 Å². The zero-order valence-corrected chi connectivity index (χ0v) is 53.4. The Morgan fingerprint density at radius 3 is 1.21 bits per heavy atom. The molecule has 3 aliphatic rings. The van der Waals surface area contributed by atoms with Gasteiger partial charge >= 0.3 is 0 Å². The number of nitrogens with one attached hydrogen (secondary N) is 1. The van der Waals surface area contributed by atoms with Gasteiger partial charge in [0.2, 0.25) is 5.91 Å². The fourth-order valence-electron chi connectivity index (χ4n) is 10.4. The van der Waals surface area contributed by atoms with E-state index >= 15 is 0 Å². The number of aliphatic hydroxyl groups excluding tert-OH is 11. The summed E-state index contributed by atoms with van der Waals surface area (Å²) >= 11 is 0. The molecule has 12 N–H and O–H groups in total. The van der Waals surface area contributed by atoms with Gasteiger partial charge in [0.15, 0.2) is 18.9 Å². The quantitative estimate of drug-likeness (QED) is 0.0203. The van der Waals surface area contributed by atoms with Gasteiger partial charge in [-0.05, 0) is 89.9 Å². The lowest BCUT2D eigenvalue weighted by Gasteiger charge is -2.48. The maximum atomic E-state index is 13.2. The van der Waals surface area contributed by atoms with Gasteiger partial charge in [0.25, 0.3) is 0 Å². The third-order valence-corrected chi connectivity index (χ3v) is 15.8. The van der Waals surface area contributed by atoms with Crippen molar-refractivity contribution in [1.29, 1.82) is 0 Å². The van der Waals surface area contributed by atoms with Gasteiger partial charge in [0, 0.05) is 6.42 Å². The predicted octanol–water partition coefficient (Wildman–Crippen LogP) is 8.04. The Morgan fingerprint density at radius 1 is 0.416 bits per heavy atom. The lowest BCUT2D eigenvalue weighted by molar-refractivity contribution is -0.379. The van der Waals surface area contributed by atoms with Crippen LogP contribution in [0.15, 0.2) is 122 Å². The molecule has 0 bridgehead atoms. The molecule has 0 spiro atoms. The molecule has 0 aromatic heterocycles. The molecule has 0 aromatic rings. The number of amides is 1. The van der Waals surface area contributed by atoms with E-state index in [9.17, 15) is 61.0 Å². The van der Waals surface area contributed by atoms with Crippen LogP contribution in [-0.2, 0) is 33.2 Å². The summed E-state index contributed by atoms with van der Waals surface area (Å²) in [5.74, 6) is -0.293. The molecule has 3 aliphatic heterocycles. The molecule has 19 nitrogen and oxygen atoms in total. The van der Waals surface area contributed by atoms with Gasteiger partial charge in [-0.1, -0.05) is 206 Å². The van der Waals surface area contributed by atoms with Gasteiger partial charge in [-0.15, -0.1) is 0 Å². The molecule has 17 unspecified atom stereocenters. The highest BCUT2D eigenvalue weighted by Crippen LogP contribution is 2.33. The van der Waals surface area contributed by atoms with Crippen LogP contribution in [-0.4, -0.2) is 193 Å². The third kappa shape index (κ3) is 33.0. The number of unbranched alkanes of at least 4 members (excludes halogenated alkanes) is 14. The lowest BCUT2D eigenvalue weighted by atomic mass is 9.96. The number of aliphatic hydroxyl groups is 11. The van der Waals surface area contributed by atoms with Crippen molar-refractivity contribution in [2.75, 3.05) is 26.4 Å². The fourth-order valence-corrected chi connectivity index (χ4v) is 10.4. The highest BCUT2D eigenvalue weighted by atomic mass is 16.8. The lowest BCUT2D eigenvalue weighted by Crippen LogP contribution is -2.66. The van der Waals surface area contributed by atoms with E-state index in [0.29, 0.717) is 12.8 Å². The van der Waals surface area contributed by atoms with Crippen molar-refractivity contribution in [3.63, 3.8) is 0 Å². The zero-order valence-electron chi connectivity index (χ0n) is 53.4. The van der Waals surface area contributed by atoms with Crippen LogP contribution in [0.25, 0.3) is 0 Å².